The van der Waals surface area contributed by atoms with E-state index in [1.165, 1.54) is 5.69 Å². The molecule has 2 unspecified atom stereocenters. The summed E-state index contributed by atoms with van der Waals surface area (Å²) in [5.74, 6) is 0.522. The summed E-state index contributed by atoms with van der Waals surface area (Å²) in [6.07, 6.45) is 1.85. The maximum Gasteiger partial charge on any atom is 0.223 e. The third-order valence-corrected chi connectivity index (χ3v) is 5.18. The third kappa shape index (κ3) is 4.55. The Morgan fingerprint density at radius 1 is 1.16 bits per heavy atom. The Balaban J connectivity index is 1.41. The summed E-state index contributed by atoms with van der Waals surface area (Å²) in [5, 5.41) is 3.85. The summed E-state index contributed by atoms with van der Waals surface area (Å²) in [4.78, 5) is 14.6. The van der Waals surface area contributed by atoms with Gasteiger partial charge in [-0.1, -0.05) is 48.0 Å². The molecule has 1 N–H and O–H groups in total. The molecular formula is C21H25ClN2O. The smallest absolute Gasteiger partial charge is 0.223 e. The average molecular weight is 357 g/mol. The van der Waals surface area contributed by atoms with Crippen LogP contribution in [0, 0.1) is 5.92 Å². The van der Waals surface area contributed by atoms with Crippen molar-refractivity contribution in [1.82, 2.24) is 5.32 Å². The van der Waals surface area contributed by atoms with Crippen molar-refractivity contribution in [3.63, 3.8) is 0 Å². The van der Waals surface area contributed by atoms with Crippen LogP contribution in [-0.4, -0.2) is 25.5 Å². The molecule has 0 radical (unpaired) electrons. The minimum absolute atomic E-state index is 0.0799. The van der Waals surface area contributed by atoms with Crippen LogP contribution in [0.5, 0.6) is 0 Å². The number of amides is 1. The molecule has 132 valence electrons. The molecular weight excluding hydrogens is 332 g/mol. The van der Waals surface area contributed by atoms with Gasteiger partial charge in [-0.25, -0.2) is 0 Å². The third-order valence-electron chi connectivity index (χ3n) is 4.84. The van der Waals surface area contributed by atoms with Crippen molar-refractivity contribution in [2.75, 3.05) is 24.5 Å². The van der Waals surface area contributed by atoms with Gasteiger partial charge in [-0.3, -0.25) is 4.79 Å². The van der Waals surface area contributed by atoms with Crippen LogP contribution in [0.25, 0.3) is 0 Å². The second kappa shape index (κ2) is 8.39. The standard InChI is InChI=1S/C21H25ClN2O/c1-2-24(16-9-4-3-5-10-16)14-8-13-23-21(25)19-15-18(19)17-11-6-7-12-20(17)22/h3-7,9-12,18-19H,2,8,13-15H2,1H3,(H,23,25). The van der Waals surface area contributed by atoms with E-state index in [1.807, 2.05) is 30.3 Å². The maximum absolute atomic E-state index is 12.3. The summed E-state index contributed by atoms with van der Waals surface area (Å²) < 4.78 is 0. The summed E-state index contributed by atoms with van der Waals surface area (Å²) in [6, 6.07) is 18.2. The van der Waals surface area contributed by atoms with Gasteiger partial charge >= 0.3 is 0 Å². The molecule has 0 heterocycles. The molecule has 1 aliphatic rings. The lowest BCUT2D eigenvalue weighted by Gasteiger charge is -2.23. The number of halogens is 1. The molecule has 1 aliphatic carbocycles. The molecule has 1 amide bonds. The van der Waals surface area contributed by atoms with Gasteiger partial charge in [0.1, 0.15) is 0 Å². The van der Waals surface area contributed by atoms with Crippen LogP contribution in [0.15, 0.2) is 54.6 Å². The Hall–Kier alpha value is -2.00. The Morgan fingerprint density at radius 2 is 1.88 bits per heavy atom. The quantitative estimate of drug-likeness (QED) is 0.707. The van der Waals surface area contributed by atoms with E-state index >= 15 is 0 Å². The predicted octanol–water partition coefficient (Wildman–Crippen LogP) is 4.48. The number of hydrogen-bond acceptors (Lipinski definition) is 2. The molecule has 0 aliphatic heterocycles. The van der Waals surface area contributed by atoms with E-state index in [9.17, 15) is 4.79 Å². The monoisotopic (exact) mass is 356 g/mol. The number of carbonyl (C=O) groups excluding carboxylic acids is 1. The van der Waals surface area contributed by atoms with Crippen molar-refractivity contribution >= 4 is 23.2 Å². The first kappa shape index (κ1) is 17.8. The van der Waals surface area contributed by atoms with Gasteiger partial charge < -0.3 is 10.2 Å². The van der Waals surface area contributed by atoms with Crippen LogP contribution in [0.4, 0.5) is 5.69 Å². The molecule has 2 aromatic rings. The van der Waals surface area contributed by atoms with Gasteiger partial charge in [0.2, 0.25) is 5.91 Å². The fourth-order valence-corrected chi connectivity index (χ4v) is 3.60. The van der Waals surface area contributed by atoms with Gasteiger partial charge in [0.15, 0.2) is 0 Å². The number of nitrogens with one attached hydrogen (secondary N) is 1. The van der Waals surface area contributed by atoms with E-state index in [1.54, 1.807) is 0 Å². The second-order valence-corrected chi connectivity index (χ2v) is 6.94. The molecule has 0 aromatic heterocycles. The lowest BCUT2D eigenvalue weighted by atomic mass is 10.1. The van der Waals surface area contributed by atoms with E-state index < -0.39 is 0 Å². The van der Waals surface area contributed by atoms with Gasteiger partial charge in [-0.2, -0.15) is 0 Å². The normalized spacial score (nSPS) is 18.6. The number of hydrogen-bond donors (Lipinski definition) is 1. The first-order valence-electron chi connectivity index (χ1n) is 9.03. The first-order chi connectivity index (χ1) is 12.2. The molecule has 3 rings (SSSR count). The highest BCUT2D eigenvalue weighted by atomic mass is 35.5. The SMILES string of the molecule is CCN(CCCNC(=O)C1CC1c1ccccc1Cl)c1ccccc1. The van der Waals surface area contributed by atoms with Crippen molar-refractivity contribution in [1.29, 1.82) is 0 Å². The van der Waals surface area contributed by atoms with Crippen molar-refractivity contribution in [3.05, 3.63) is 65.2 Å². The molecule has 2 atom stereocenters. The Morgan fingerprint density at radius 3 is 2.60 bits per heavy atom. The lowest BCUT2D eigenvalue weighted by Crippen LogP contribution is -2.30. The number of rotatable bonds is 8. The molecule has 0 bridgehead atoms. The number of benzene rings is 2. The molecule has 3 nitrogen and oxygen atoms in total. The Labute approximate surface area is 155 Å². The van der Waals surface area contributed by atoms with Crippen LogP contribution in [0.1, 0.15) is 31.2 Å². The number of anilines is 1. The summed E-state index contributed by atoms with van der Waals surface area (Å²) in [5.41, 5.74) is 2.34. The highest BCUT2D eigenvalue weighted by Gasteiger charge is 2.44. The number of para-hydroxylation sites is 1. The fraction of sp³-hybridized carbons (Fsp3) is 0.381. The van der Waals surface area contributed by atoms with Crippen molar-refractivity contribution in [2.24, 2.45) is 5.92 Å². The molecule has 0 saturated heterocycles. The summed E-state index contributed by atoms with van der Waals surface area (Å²) in [6.45, 7) is 4.78. The Bertz CT molecular complexity index is 704. The molecule has 1 fully saturated rings. The highest BCUT2D eigenvalue weighted by molar-refractivity contribution is 6.31. The zero-order valence-electron chi connectivity index (χ0n) is 14.6. The van der Waals surface area contributed by atoms with Crippen LogP contribution in [-0.2, 0) is 4.79 Å². The topological polar surface area (TPSA) is 32.3 Å². The zero-order valence-corrected chi connectivity index (χ0v) is 15.4. The Kier molecular flexibility index (Phi) is 5.98. The lowest BCUT2D eigenvalue weighted by molar-refractivity contribution is -0.122. The zero-order chi connectivity index (χ0) is 17.6. The van der Waals surface area contributed by atoms with Gasteiger partial charge in [0.25, 0.3) is 0 Å². The van der Waals surface area contributed by atoms with Gasteiger partial charge in [0.05, 0.1) is 0 Å². The van der Waals surface area contributed by atoms with Gasteiger partial charge in [0, 0.05) is 36.3 Å². The van der Waals surface area contributed by atoms with Crippen LogP contribution in [0.2, 0.25) is 5.02 Å². The molecule has 25 heavy (non-hydrogen) atoms. The van der Waals surface area contributed by atoms with E-state index in [4.69, 9.17) is 11.6 Å². The number of carbonyl (C=O) groups is 1. The molecule has 0 spiro atoms. The minimum atomic E-state index is 0.0799. The number of nitrogens with zero attached hydrogens (tertiary/aromatic N) is 1. The largest absolute Gasteiger partial charge is 0.372 e. The fourth-order valence-electron chi connectivity index (χ4n) is 3.33. The van der Waals surface area contributed by atoms with E-state index in [2.05, 4.69) is 41.4 Å². The summed E-state index contributed by atoms with van der Waals surface area (Å²) in [7, 11) is 0. The van der Waals surface area contributed by atoms with Crippen LogP contribution < -0.4 is 10.2 Å². The van der Waals surface area contributed by atoms with Gasteiger partial charge in [-0.15, -0.1) is 0 Å². The van der Waals surface area contributed by atoms with Crippen molar-refractivity contribution in [3.8, 4) is 0 Å². The molecule has 1 saturated carbocycles. The first-order valence-corrected chi connectivity index (χ1v) is 9.40. The highest BCUT2D eigenvalue weighted by Crippen LogP contribution is 2.49. The second-order valence-electron chi connectivity index (χ2n) is 6.53. The molecule has 2 aromatic carbocycles. The van der Waals surface area contributed by atoms with E-state index in [0.717, 1.165) is 36.5 Å². The average Bonchev–Trinajstić information content (AvgIpc) is 3.43. The van der Waals surface area contributed by atoms with Crippen LogP contribution in [0.3, 0.4) is 0 Å². The summed E-state index contributed by atoms with van der Waals surface area (Å²) >= 11 is 6.23. The van der Waals surface area contributed by atoms with E-state index in [0.29, 0.717) is 6.54 Å². The maximum atomic E-state index is 12.3. The predicted molar refractivity (Wildman–Crippen MR) is 104 cm³/mol. The van der Waals surface area contributed by atoms with Crippen molar-refractivity contribution < 1.29 is 4.79 Å². The van der Waals surface area contributed by atoms with E-state index in [-0.39, 0.29) is 17.7 Å². The van der Waals surface area contributed by atoms with Crippen LogP contribution >= 0.6 is 11.6 Å². The van der Waals surface area contributed by atoms with Crippen molar-refractivity contribution in [2.45, 2.75) is 25.7 Å². The minimum Gasteiger partial charge on any atom is -0.372 e. The molecule has 4 heteroatoms. The van der Waals surface area contributed by atoms with Gasteiger partial charge in [-0.05, 0) is 49.4 Å².